The standard InChI is InChI=1S/C13H18F2N2O/c1-18-7-6-17-5-4-12(16)13(17)9-2-3-10(14)11(15)8-9/h2-3,8,12-13H,4-7,16H2,1H3. The predicted molar refractivity (Wildman–Crippen MR) is 65.1 cm³/mol. The Hall–Kier alpha value is -1.04. The van der Waals surface area contributed by atoms with Gasteiger partial charge in [0.25, 0.3) is 0 Å². The molecule has 2 atom stereocenters. The Morgan fingerprint density at radius 3 is 2.83 bits per heavy atom. The summed E-state index contributed by atoms with van der Waals surface area (Å²) in [5.74, 6) is -1.65. The lowest BCUT2D eigenvalue weighted by atomic mass is 10.0. The maximum atomic E-state index is 13.3. The maximum absolute atomic E-state index is 13.3. The van der Waals surface area contributed by atoms with E-state index in [1.165, 1.54) is 6.07 Å². The third-order valence-corrected chi connectivity index (χ3v) is 3.42. The van der Waals surface area contributed by atoms with Gasteiger partial charge in [-0.3, -0.25) is 4.90 Å². The largest absolute Gasteiger partial charge is 0.383 e. The number of benzene rings is 1. The van der Waals surface area contributed by atoms with E-state index in [0.29, 0.717) is 6.61 Å². The molecule has 0 aromatic heterocycles. The highest BCUT2D eigenvalue weighted by atomic mass is 19.2. The van der Waals surface area contributed by atoms with Crippen LogP contribution in [0.4, 0.5) is 8.78 Å². The molecule has 1 aliphatic heterocycles. The van der Waals surface area contributed by atoms with E-state index in [9.17, 15) is 8.78 Å². The fourth-order valence-corrected chi connectivity index (χ4v) is 2.50. The van der Waals surface area contributed by atoms with Crippen molar-refractivity contribution < 1.29 is 13.5 Å². The second kappa shape index (κ2) is 5.73. The molecule has 100 valence electrons. The normalized spacial score (nSPS) is 24.7. The molecule has 2 rings (SSSR count). The van der Waals surface area contributed by atoms with Crippen molar-refractivity contribution in [2.45, 2.75) is 18.5 Å². The molecule has 1 aromatic rings. The Balaban J connectivity index is 2.19. The van der Waals surface area contributed by atoms with Crippen molar-refractivity contribution in [2.75, 3.05) is 26.8 Å². The third-order valence-electron chi connectivity index (χ3n) is 3.42. The summed E-state index contributed by atoms with van der Waals surface area (Å²) in [5, 5.41) is 0. The molecular formula is C13H18F2N2O. The number of hydrogen-bond donors (Lipinski definition) is 1. The average Bonchev–Trinajstić information content (AvgIpc) is 2.71. The molecule has 0 spiro atoms. The number of nitrogens with zero attached hydrogens (tertiary/aromatic N) is 1. The number of nitrogens with two attached hydrogens (primary N) is 1. The molecule has 2 N–H and O–H groups in total. The van der Waals surface area contributed by atoms with Gasteiger partial charge >= 0.3 is 0 Å². The Kier molecular flexibility index (Phi) is 4.27. The van der Waals surface area contributed by atoms with E-state index in [2.05, 4.69) is 4.90 Å². The van der Waals surface area contributed by atoms with Gasteiger partial charge in [0.2, 0.25) is 0 Å². The zero-order valence-electron chi connectivity index (χ0n) is 10.4. The summed E-state index contributed by atoms with van der Waals surface area (Å²) in [6.45, 7) is 2.20. The Bertz CT molecular complexity index is 414. The Morgan fingerprint density at radius 1 is 1.39 bits per heavy atom. The van der Waals surface area contributed by atoms with Crippen molar-refractivity contribution in [1.82, 2.24) is 4.90 Å². The summed E-state index contributed by atoms with van der Waals surface area (Å²) >= 11 is 0. The van der Waals surface area contributed by atoms with E-state index in [1.807, 2.05) is 0 Å². The van der Waals surface area contributed by atoms with Gasteiger partial charge in [0.15, 0.2) is 11.6 Å². The van der Waals surface area contributed by atoms with Gasteiger partial charge in [0, 0.05) is 26.2 Å². The van der Waals surface area contributed by atoms with Crippen LogP contribution < -0.4 is 5.73 Å². The smallest absolute Gasteiger partial charge is 0.159 e. The molecule has 1 aliphatic rings. The summed E-state index contributed by atoms with van der Waals surface area (Å²) in [6, 6.07) is 3.89. The SMILES string of the molecule is COCCN1CCC(N)C1c1ccc(F)c(F)c1. The van der Waals surface area contributed by atoms with Crippen molar-refractivity contribution in [2.24, 2.45) is 5.73 Å². The molecule has 1 saturated heterocycles. The molecule has 0 bridgehead atoms. The van der Waals surface area contributed by atoms with Crippen LogP contribution in [0.1, 0.15) is 18.0 Å². The first-order valence-electron chi connectivity index (χ1n) is 6.07. The summed E-state index contributed by atoms with van der Waals surface area (Å²) in [4.78, 5) is 2.15. The lowest BCUT2D eigenvalue weighted by Crippen LogP contribution is -2.33. The van der Waals surface area contributed by atoms with Crippen LogP contribution in [0.3, 0.4) is 0 Å². The molecule has 0 radical (unpaired) electrons. The molecule has 18 heavy (non-hydrogen) atoms. The van der Waals surface area contributed by atoms with Gasteiger partial charge in [0.1, 0.15) is 0 Å². The summed E-state index contributed by atoms with van der Waals surface area (Å²) in [5.41, 5.74) is 6.79. The monoisotopic (exact) mass is 256 g/mol. The van der Waals surface area contributed by atoms with Crippen LogP contribution in [0, 0.1) is 11.6 Å². The fraction of sp³-hybridized carbons (Fsp3) is 0.538. The third kappa shape index (κ3) is 2.68. The summed E-state index contributed by atoms with van der Waals surface area (Å²) in [7, 11) is 1.64. The molecule has 1 heterocycles. The minimum absolute atomic E-state index is 0.0493. The van der Waals surface area contributed by atoms with Crippen LogP contribution in [-0.2, 0) is 4.74 Å². The van der Waals surface area contributed by atoms with Gasteiger partial charge in [-0.25, -0.2) is 8.78 Å². The topological polar surface area (TPSA) is 38.5 Å². The second-order valence-corrected chi connectivity index (χ2v) is 4.60. The Labute approximate surface area is 106 Å². The maximum Gasteiger partial charge on any atom is 0.159 e. The first kappa shape index (κ1) is 13.4. The highest BCUT2D eigenvalue weighted by molar-refractivity contribution is 5.24. The van der Waals surface area contributed by atoms with E-state index in [-0.39, 0.29) is 12.1 Å². The highest BCUT2D eigenvalue weighted by Crippen LogP contribution is 2.31. The van der Waals surface area contributed by atoms with Crippen molar-refractivity contribution in [3.05, 3.63) is 35.4 Å². The molecule has 0 saturated carbocycles. The molecule has 1 aromatic carbocycles. The lowest BCUT2D eigenvalue weighted by molar-refractivity contribution is 0.139. The van der Waals surface area contributed by atoms with Gasteiger partial charge < -0.3 is 10.5 Å². The van der Waals surface area contributed by atoms with Crippen LogP contribution in [0.5, 0.6) is 0 Å². The molecule has 1 fully saturated rings. The van der Waals surface area contributed by atoms with Gasteiger partial charge in [0.05, 0.1) is 12.6 Å². The number of halogens is 2. The zero-order chi connectivity index (χ0) is 13.1. The van der Waals surface area contributed by atoms with Crippen LogP contribution in [-0.4, -0.2) is 37.7 Å². The number of ether oxygens (including phenoxy) is 1. The first-order chi connectivity index (χ1) is 8.63. The van der Waals surface area contributed by atoms with Crippen LogP contribution >= 0.6 is 0 Å². The van der Waals surface area contributed by atoms with E-state index in [1.54, 1.807) is 13.2 Å². The molecule has 2 unspecified atom stereocenters. The van der Waals surface area contributed by atoms with Crippen molar-refractivity contribution >= 4 is 0 Å². The number of rotatable bonds is 4. The molecule has 0 aliphatic carbocycles. The van der Waals surface area contributed by atoms with E-state index < -0.39 is 11.6 Å². The average molecular weight is 256 g/mol. The predicted octanol–water partition coefficient (Wildman–Crippen LogP) is 1.69. The van der Waals surface area contributed by atoms with Crippen molar-refractivity contribution in [3.63, 3.8) is 0 Å². The number of methoxy groups -OCH3 is 1. The number of likely N-dealkylation sites (tertiary alicyclic amines) is 1. The summed E-state index contributed by atoms with van der Waals surface area (Å²) in [6.07, 6.45) is 0.855. The van der Waals surface area contributed by atoms with Gasteiger partial charge in [-0.1, -0.05) is 6.07 Å². The molecular weight excluding hydrogens is 238 g/mol. The number of hydrogen-bond acceptors (Lipinski definition) is 3. The van der Waals surface area contributed by atoms with E-state index in [4.69, 9.17) is 10.5 Å². The van der Waals surface area contributed by atoms with Gasteiger partial charge in [-0.15, -0.1) is 0 Å². The van der Waals surface area contributed by atoms with Crippen LogP contribution in [0.15, 0.2) is 18.2 Å². The van der Waals surface area contributed by atoms with Crippen molar-refractivity contribution in [1.29, 1.82) is 0 Å². The molecule has 5 heteroatoms. The highest BCUT2D eigenvalue weighted by Gasteiger charge is 2.32. The van der Waals surface area contributed by atoms with Gasteiger partial charge in [-0.2, -0.15) is 0 Å². The molecule has 0 amide bonds. The second-order valence-electron chi connectivity index (χ2n) is 4.60. The zero-order valence-corrected chi connectivity index (χ0v) is 10.4. The van der Waals surface area contributed by atoms with E-state index in [0.717, 1.165) is 31.1 Å². The van der Waals surface area contributed by atoms with Crippen LogP contribution in [0.25, 0.3) is 0 Å². The fourth-order valence-electron chi connectivity index (χ4n) is 2.50. The summed E-state index contributed by atoms with van der Waals surface area (Å²) < 4.78 is 31.3. The minimum atomic E-state index is -0.825. The Morgan fingerprint density at radius 2 is 2.17 bits per heavy atom. The van der Waals surface area contributed by atoms with Gasteiger partial charge in [-0.05, 0) is 24.1 Å². The van der Waals surface area contributed by atoms with Crippen molar-refractivity contribution in [3.8, 4) is 0 Å². The quantitative estimate of drug-likeness (QED) is 0.891. The molecule has 3 nitrogen and oxygen atoms in total. The van der Waals surface area contributed by atoms with Crippen LogP contribution in [0.2, 0.25) is 0 Å². The lowest BCUT2D eigenvalue weighted by Gasteiger charge is -2.26. The first-order valence-corrected chi connectivity index (χ1v) is 6.07. The van der Waals surface area contributed by atoms with E-state index >= 15 is 0 Å². The minimum Gasteiger partial charge on any atom is -0.383 e.